The molecule has 1 aliphatic rings. The first kappa shape index (κ1) is 14.5. The van der Waals surface area contributed by atoms with Crippen molar-refractivity contribution in [3.05, 3.63) is 0 Å². The minimum absolute atomic E-state index is 0.0430. The van der Waals surface area contributed by atoms with Crippen LogP contribution in [0.3, 0.4) is 0 Å². The van der Waals surface area contributed by atoms with Gasteiger partial charge in [0.1, 0.15) is 6.10 Å². The molecule has 0 spiro atoms. The molecule has 17 heavy (non-hydrogen) atoms. The lowest BCUT2D eigenvalue weighted by atomic mass is 10.1. The Morgan fingerprint density at radius 1 is 1.35 bits per heavy atom. The van der Waals surface area contributed by atoms with Crippen LogP contribution < -0.4 is 5.43 Å². The summed E-state index contributed by atoms with van der Waals surface area (Å²) in [5.41, 5.74) is 2.80. The highest BCUT2D eigenvalue weighted by molar-refractivity contribution is 5.79. The van der Waals surface area contributed by atoms with E-state index >= 15 is 0 Å². The summed E-state index contributed by atoms with van der Waals surface area (Å²) >= 11 is 0. The van der Waals surface area contributed by atoms with E-state index in [-0.39, 0.29) is 18.1 Å². The average molecular weight is 242 g/mol. The molecule has 100 valence electrons. The standard InChI is InChI=1S/C13H26N2O2/c1-4-15(3)14-13(16)11(2)17-12-9-7-5-6-8-10-12/h11-12H,4-10H2,1-3H3,(H,14,16)/t11-/m0/s1. The topological polar surface area (TPSA) is 41.6 Å². The van der Waals surface area contributed by atoms with Crippen LogP contribution in [0.25, 0.3) is 0 Å². The quantitative estimate of drug-likeness (QED) is 0.593. The van der Waals surface area contributed by atoms with Gasteiger partial charge in [-0.15, -0.1) is 0 Å². The second-order valence-electron chi connectivity index (χ2n) is 4.88. The largest absolute Gasteiger partial charge is 0.365 e. The molecule has 4 heteroatoms. The molecule has 0 aromatic carbocycles. The smallest absolute Gasteiger partial charge is 0.263 e. The minimum Gasteiger partial charge on any atom is -0.365 e. The van der Waals surface area contributed by atoms with Crippen molar-refractivity contribution >= 4 is 5.91 Å². The van der Waals surface area contributed by atoms with Gasteiger partial charge < -0.3 is 4.74 Å². The third-order valence-electron chi connectivity index (χ3n) is 3.34. The summed E-state index contributed by atoms with van der Waals surface area (Å²) in [4.78, 5) is 11.8. The predicted molar refractivity (Wildman–Crippen MR) is 68.5 cm³/mol. The second-order valence-corrected chi connectivity index (χ2v) is 4.88. The van der Waals surface area contributed by atoms with Gasteiger partial charge in [-0.3, -0.25) is 10.2 Å². The van der Waals surface area contributed by atoms with E-state index in [4.69, 9.17) is 4.74 Å². The fraction of sp³-hybridized carbons (Fsp3) is 0.923. The van der Waals surface area contributed by atoms with Crippen LogP contribution in [-0.2, 0) is 9.53 Å². The number of nitrogens with zero attached hydrogens (tertiary/aromatic N) is 1. The van der Waals surface area contributed by atoms with E-state index in [1.54, 1.807) is 5.01 Å². The number of hydrogen-bond acceptors (Lipinski definition) is 3. The van der Waals surface area contributed by atoms with E-state index in [0.717, 1.165) is 19.4 Å². The van der Waals surface area contributed by atoms with Crippen molar-refractivity contribution in [2.24, 2.45) is 0 Å². The molecule has 4 nitrogen and oxygen atoms in total. The van der Waals surface area contributed by atoms with Crippen LogP contribution in [0.2, 0.25) is 0 Å². The molecule has 1 atom stereocenters. The van der Waals surface area contributed by atoms with Crippen LogP contribution in [-0.4, -0.2) is 36.7 Å². The van der Waals surface area contributed by atoms with Gasteiger partial charge in [0, 0.05) is 13.6 Å². The molecule has 0 heterocycles. The SMILES string of the molecule is CCN(C)NC(=O)[C@H](C)OC1CCCCCC1. The van der Waals surface area contributed by atoms with Gasteiger partial charge in [-0.25, -0.2) is 5.01 Å². The van der Waals surface area contributed by atoms with E-state index in [1.807, 2.05) is 20.9 Å². The maximum atomic E-state index is 11.8. The number of rotatable bonds is 5. The van der Waals surface area contributed by atoms with Crippen molar-refractivity contribution in [3.8, 4) is 0 Å². The Balaban J connectivity index is 2.31. The van der Waals surface area contributed by atoms with Crippen LogP contribution in [0.5, 0.6) is 0 Å². The van der Waals surface area contributed by atoms with E-state index in [0.29, 0.717) is 0 Å². The normalized spacial score (nSPS) is 20.0. The van der Waals surface area contributed by atoms with Gasteiger partial charge in [-0.05, 0) is 19.8 Å². The molecule has 1 saturated carbocycles. The third-order valence-corrected chi connectivity index (χ3v) is 3.34. The predicted octanol–water partition coefficient (Wildman–Crippen LogP) is 2.10. The zero-order valence-corrected chi connectivity index (χ0v) is 11.4. The van der Waals surface area contributed by atoms with Crippen LogP contribution in [0.1, 0.15) is 52.4 Å². The molecule has 1 aliphatic carbocycles. The third kappa shape index (κ3) is 5.50. The maximum absolute atomic E-state index is 11.8. The van der Waals surface area contributed by atoms with Crippen molar-refractivity contribution in [3.63, 3.8) is 0 Å². The first-order valence-electron chi connectivity index (χ1n) is 6.80. The lowest BCUT2D eigenvalue weighted by Gasteiger charge is -2.23. The van der Waals surface area contributed by atoms with E-state index in [1.165, 1.54) is 25.7 Å². The van der Waals surface area contributed by atoms with Crippen LogP contribution in [0.4, 0.5) is 0 Å². The van der Waals surface area contributed by atoms with Crippen LogP contribution in [0, 0.1) is 0 Å². The Morgan fingerprint density at radius 3 is 2.47 bits per heavy atom. The number of carbonyl (C=O) groups is 1. The molecular weight excluding hydrogens is 216 g/mol. The maximum Gasteiger partial charge on any atom is 0.263 e. The lowest BCUT2D eigenvalue weighted by Crippen LogP contribution is -2.45. The van der Waals surface area contributed by atoms with Gasteiger partial charge in [-0.1, -0.05) is 32.6 Å². The summed E-state index contributed by atoms with van der Waals surface area (Å²) in [6, 6.07) is 0. The molecule has 1 N–H and O–H groups in total. The highest BCUT2D eigenvalue weighted by Gasteiger charge is 2.20. The molecule has 1 rings (SSSR count). The van der Waals surface area contributed by atoms with Crippen LogP contribution >= 0.6 is 0 Å². The second kappa shape index (κ2) is 7.67. The molecule has 0 radical (unpaired) electrons. The van der Waals surface area contributed by atoms with Crippen molar-refractivity contribution in [1.29, 1.82) is 0 Å². The molecule has 0 bridgehead atoms. The van der Waals surface area contributed by atoms with E-state index in [9.17, 15) is 4.79 Å². The number of ether oxygens (including phenoxy) is 1. The zero-order chi connectivity index (χ0) is 12.7. The van der Waals surface area contributed by atoms with Crippen molar-refractivity contribution in [1.82, 2.24) is 10.4 Å². The number of hydrazine groups is 1. The number of carbonyl (C=O) groups excluding carboxylic acids is 1. The van der Waals surface area contributed by atoms with Crippen molar-refractivity contribution in [2.75, 3.05) is 13.6 Å². The Morgan fingerprint density at radius 2 is 1.94 bits per heavy atom. The van der Waals surface area contributed by atoms with E-state index in [2.05, 4.69) is 5.43 Å². The summed E-state index contributed by atoms with van der Waals surface area (Å²) in [7, 11) is 1.86. The first-order valence-corrected chi connectivity index (χ1v) is 6.80. The summed E-state index contributed by atoms with van der Waals surface area (Å²) in [6.07, 6.45) is 7.18. The van der Waals surface area contributed by atoms with Gasteiger partial charge in [0.15, 0.2) is 0 Å². The number of nitrogens with one attached hydrogen (secondary N) is 1. The Bertz CT molecular complexity index is 225. The fourth-order valence-corrected chi connectivity index (χ4v) is 2.09. The fourth-order valence-electron chi connectivity index (χ4n) is 2.09. The van der Waals surface area contributed by atoms with Crippen molar-refractivity contribution < 1.29 is 9.53 Å². The van der Waals surface area contributed by atoms with Gasteiger partial charge >= 0.3 is 0 Å². The van der Waals surface area contributed by atoms with Gasteiger partial charge in [0.25, 0.3) is 5.91 Å². The van der Waals surface area contributed by atoms with Gasteiger partial charge in [-0.2, -0.15) is 0 Å². The summed E-state index contributed by atoms with van der Waals surface area (Å²) in [6.45, 7) is 4.63. The monoisotopic (exact) mass is 242 g/mol. The molecule has 0 aromatic heterocycles. The Labute approximate surface area is 105 Å². The average Bonchev–Trinajstić information content (AvgIpc) is 2.57. The summed E-state index contributed by atoms with van der Waals surface area (Å²) in [5, 5.41) is 1.77. The summed E-state index contributed by atoms with van der Waals surface area (Å²) in [5.74, 6) is -0.0430. The van der Waals surface area contributed by atoms with E-state index < -0.39 is 0 Å². The summed E-state index contributed by atoms with van der Waals surface area (Å²) < 4.78 is 5.84. The molecule has 0 unspecified atom stereocenters. The molecule has 1 fully saturated rings. The number of hydrogen-bond donors (Lipinski definition) is 1. The Kier molecular flexibility index (Phi) is 6.52. The van der Waals surface area contributed by atoms with Crippen LogP contribution in [0.15, 0.2) is 0 Å². The van der Waals surface area contributed by atoms with Crippen molar-refractivity contribution in [2.45, 2.75) is 64.6 Å². The highest BCUT2D eigenvalue weighted by atomic mass is 16.5. The molecular formula is C13H26N2O2. The van der Waals surface area contributed by atoms with Gasteiger partial charge in [0.05, 0.1) is 6.10 Å². The molecule has 0 saturated heterocycles. The molecule has 0 aromatic rings. The zero-order valence-electron chi connectivity index (χ0n) is 11.4. The first-order chi connectivity index (χ1) is 8.13. The van der Waals surface area contributed by atoms with Gasteiger partial charge in [0.2, 0.25) is 0 Å². The minimum atomic E-state index is -0.355. The number of amides is 1. The highest BCUT2D eigenvalue weighted by Crippen LogP contribution is 2.20. The Hall–Kier alpha value is -0.610. The lowest BCUT2D eigenvalue weighted by molar-refractivity contribution is -0.140. The molecule has 0 aliphatic heterocycles. The molecule has 1 amide bonds.